The molecule has 0 aliphatic heterocycles. The van der Waals surface area contributed by atoms with Crippen LogP contribution in [0.4, 0.5) is 5.69 Å². The van der Waals surface area contributed by atoms with Crippen molar-refractivity contribution in [3.63, 3.8) is 0 Å². The number of hydrogen-bond acceptors (Lipinski definition) is 2. The SMILES string of the molecule is CNc1cccc2c1C(C(=O)O)C2. The second-order valence-corrected chi connectivity index (χ2v) is 3.22. The first kappa shape index (κ1) is 8.10. The zero-order valence-corrected chi connectivity index (χ0v) is 7.37. The van der Waals surface area contributed by atoms with Gasteiger partial charge in [0.05, 0.1) is 5.92 Å². The van der Waals surface area contributed by atoms with Crippen molar-refractivity contribution in [1.29, 1.82) is 0 Å². The van der Waals surface area contributed by atoms with E-state index < -0.39 is 5.97 Å². The number of carboxylic acids is 1. The van der Waals surface area contributed by atoms with Crippen LogP contribution in [0.2, 0.25) is 0 Å². The summed E-state index contributed by atoms with van der Waals surface area (Å²) in [5.74, 6) is -1.03. The smallest absolute Gasteiger partial charge is 0.311 e. The average molecular weight is 177 g/mol. The topological polar surface area (TPSA) is 49.3 Å². The van der Waals surface area contributed by atoms with E-state index in [1.54, 1.807) is 0 Å². The molecule has 0 fully saturated rings. The van der Waals surface area contributed by atoms with E-state index in [-0.39, 0.29) is 5.92 Å². The van der Waals surface area contributed by atoms with E-state index in [1.165, 1.54) is 0 Å². The highest BCUT2D eigenvalue weighted by Gasteiger charge is 2.33. The quantitative estimate of drug-likeness (QED) is 0.718. The number of benzene rings is 1. The number of fused-ring (bicyclic) bond motifs is 1. The highest BCUT2D eigenvalue weighted by atomic mass is 16.4. The summed E-state index contributed by atoms with van der Waals surface area (Å²) in [6.07, 6.45) is 0.667. The zero-order chi connectivity index (χ0) is 9.42. The molecule has 2 rings (SSSR count). The van der Waals surface area contributed by atoms with Gasteiger partial charge >= 0.3 is 5.97 Å². The average Bonchev–Trinajstić information content (AvgIpc) is 2.05. The van der Waals surface area contributed by atoms with Gasteiger partial charge in [-0.05, 0) is 23.6 Å². The minimum atomic E-state index is -0.727. The molecule has 2 N–H and O–H groups in total. The van der Waals surface area contributed by atoms with Gasteiger partial charge in [0.15, 0.2) is 0 Å². The summed E-state index contributed by atoms with van der Waals surface area (Å²) in [6.45, 7) is 0. The van der Waals surface area contributed by atoms with Gasteiger partial charge in [-0.25, -0.2) is 0 Å². The van der Waals surface area contributed by atoms with Gasteiger partial charge in [0.1, 0.15) is 0 Å². The Labute approximate surface area is 76.4 Å². The zero-order valence-electron chi connectivity index (χ0n) is 7.37. The first-order valence-electron chi connectivity index (χ1n) is 4.26. The molecule has 0 saturated heterocycles. The number of carbonyl (C=O) groups is 1. The molecule has 13 heavy (non-hydrogen) atoms. The Morgan fingerprint density at radius 3 is 3.00 bits per heavy atom. The van der Waals surface area contributed by atoms with Crippen molar-refractivity contribution in [1.82, 2.24) is 0 Å². The third-order valence-corrected chi connectivity index (χ3v) is 2.54. The Bertz CT molecular complexity index is 360. The van der Waals surface area contributed by atoms with Crippen molar-refractivity contribution in [2.75, 3.05) is 12.4 Å². The molecule has 3 nitrogen and oxygen atoms in total. The van der Waals surface area contributed by atoms with Crippen LogP contribution in [0.25, 0.3) is 0 Å². The maximum absolute atomic E-state index is 10.8. The van der Waals surface area contributed by atoms with E-state index in [0.717, 1.165) is 16.8 Å². The summed E-state index contributed by atoms with van der Waals surface area (Å²) in [5.41, 5.74) is 3.05. The fourth-order valence-corrected chi connectivity index (χ4v) is 1.82. The Morgan fingerprint density at radius 2 is 2.38 bits per heavy atom. The molecule has 1 aromatic rings. The van der Waals surface area contributed by atoms with Crippen LogP contribution in [0.3, 0.4) is 0 Å². The second-order valence-electron chi connectivity index (χ2n) is 3.22. The molecule has 68 valence electrons. The third kappa shape index (κ3) is 1.08. The number of anilines is 1. The van der Waals surface area contributed by atoms with Crippen LogP contribution >= 0.6 is 0 Å². The summed E-state index contributed by atoms with van der Waals surface area (Å²) in [7, 11) is 1.81. The summed E-state index contributed by atoms with van der Waals surface area (Å²) in [4.78, 5) is 10.8. The monoisotopic (exact) mass is 177 g/mol. The Balaban J connectivity index is 2.43. The highest BCUT2D eigenvalue weighted by molar-refractivity contribution is 5.83. The molecule has 0 amide bonds. The predicted molar refractivity (Wildman–Crippen MR) is 50.1 cm³/mol. The van der Waals surface area contributed by atoms with Crippen LogP contribution in [-0.2, 0) is 11.2 Å². The molecule has 1 atom stereocenters. The van der Waals surface area contributed by atoms with E-state index in [4.69, 9.17) is 5.11 Å². The van der Waals surface area contributed by atoms with Gasteiger partial charge < -0.3 is 10.4 Å². The fraction of sp³-hybridized carbons (Fsp3) is 0.300. The van der Waals surface area contributed by atoms with Crippen LogP contribution in [0.5, 0.6) is 0 Å². The lowest BCUT2D eigenvalue weighted by Gasteiger charge is -2.29. The van der Waals surface area contributed by atoms with E-state index in [1.807, 2.05) is 25.2 Å². The van der Waals surface area contributed by atoms with Crippen molar-refractivity contribution < 1.29 is 9.90 Å². The van der Waals surface area contributed by atoms with Gasteiger partial charge in [0.25, 0.3) is 0 Å². The third-order valence-electron chi connectivity index (χ3n) is 2.54. The summed E-state index contributed by atoms with van der Waals surface area (Å²) >= 11 is 0. The minimum absolute atomic E-state index is 0.307. The fourth-order valence-electron chi connectivity index (χ4n) is 1.82. The van der Waals surface area contributed by atoms with E-state index in [2.05, 4.69) is 5.32 Å². The number of rotatable bonds is 2. The maximum atomic E-state index is 10.8. The lowest BCUT2D eigenvalue weighted by Crippen LogP contribution is -2.26. The van der Waals surface area contributed by atoms with Crippen LogP contribution in [-0.4, -0.2) is 18.1 Å². The van der Waals surface area contributed by atoms with Crippen LogP contribution < -0.4 is 5.32 Å². The molecule has 1 aromatic carbocycles. The molecule has 0 heterocycles. The van der Waals surface area contributed by atoms with E-state index >= 15 is 0 Å². The molecule has 3 heteroatoms. The predicted octanol–water partition coefficient (Wildman–Crippen LogP) is 1.45. The molecular weight excluding hydrogens is 166 g/mol. The maximum Gasteiger partial charge on any atom is 0.311 e. The molecule has 0 bridgehead atoms. The van der Waals surface area contributed by atoms with Gasteiger partial charge in [-0.1, -0.05) is 12.1 Å². The Hall–Kier alpha value is -1.51. The normalized spacial score (nSPS) is 18.7. The molecule has 0 aromatic heterocycles. The lowest BCUT2D eigenvalue weighted by atomic mass is 9.76. The molecule has 1 aliphatic rings. The van der Waals surface area contributed by atoms with Gasteiger partial charge in [-0.3, -0.25) is 4.79 Å². The van der Waals surface area contributed by atoms with Crippen molar-refractivity contribution in [3.8, 4) is 0 Å². The highest BCUT2D eigenvalue weighted by Crippen LogP contribution is 2.40. The van der Waals surface area contributed by atoms with E-state index in [0.29, 0.717) is 6.42 Å². The number of aliphatic carboxylic acids is 1. The van der Waals surface area contributed by atoms with Crippen molar-refractivity contribution in [3.05, 3.63) is 29.3 Å². The Kier molecular flexibility index (Phi) is 1.72. The van der Waals surface area contributed by atoms with Crippen molar-refractivity contribution in [2.45, 2.75) is 12.3 Å². The van der Waals surface area contributed by atoms with Gasteiger partial charge in [0.2, 0.25) is 0 Å². The van der Waals surface area contributed by atoms with E-state index in [9.17, 15) is 4.79 Å². The largest absolute Gasteiger partial charge is 0.481 e. The summed E-state index contributed by atoms with van der Waals surface area (Å²) < 4.78 is 0. The van der Waals surface area contributed by atoms with Crippen LogP contribution in [0, 0.1) is 0 Å². The van der Waals surface area contributed by atoms with Gasteiger partial charge in [-0.15, -0.1) is 0 Å². The molecule has 0 saturated carbocycles. The standard InChI is InChI=1S/C10H11NO2/c1-11-8-4-2-3-6-5-7(9(6)8)10(12)13/h2-4,7,11H,5H2,1H3,(H,12,13). The molecule has 0 radical (unpaired) electrons. The molecule has 1 aliphatic carbocycles. The number of carboxylic acid groups (broad SMARTS) is 1. The molecule has 0 spiro atoms. The second kappa shape index (κ2) is 2.76. The minimum Gasteiger partial charge on any atom is -0.481 e. The Morgan fingerprint density at radius 1 is 1.62 bits per heavy atom. The molecular formula is C10H11NO2. The summed E-state index contributed by atoms with van der Waals surface area (Å²) in [5, 5.41) is 11.9. The summed E-state index contributed by atoms with van der Waals surface area (Å²) in [6, 6.07) is 5.84. The lowest BCUT2D eigenvalue weighted by molar-refractivity contribution is -0.139. The van der Waals surface area contributed by atoms with Crippen molar-refractivity contribution in [2.24, 2.45) is 0 Å². The number of hydrogen-bond donors (Lipinski definition) is 2. The van der Waals surface area contributed by atoms with Crippen LogP contribution in [0.1, 0.15) is 17.0 Å². The first-order valence-corrected chi connectivity index (χ1v) is 4.26. The van der Waals surface area contributed by atoms with Crippen molar-refractivity contribution >= 4 is 11.7 Å². The van der Waals surface area contributed by atoms with Gasteiger partial charge in [0, 0.05) is 12.7 Å². The van der Waals surface area contributed by atoms with Gasteiger partial charge in [-0.2, -0.15) is 0 Å². The number of nitrogens with one attached hydrogen (secondary N) is 1. The molecule has 1 unspecified atom stereocenters. The van der Waals surface area contributed by atoms with Crippen LogP contribution in [0.15, 0.2) is 18.2 Å². The first-order chi connectivity index (χ1) is 6.24.